The van der Waals surface area contributed by atoms with Crippen LogP contribution in [0.3, 0.4) is 0 Å². The first-order valence-electron chi connectivity index (χ1n) is 8.90. The zero-order valence-corrected chi connectivity index (χ0v) is 16.3. The second-order valence-corrected chi connectivity index (χ2v) is 8.06. The quantitative estimate of drug-likeness (QED) is 0.807. The van der Waals surface area contributed by atoms with Gasteiger partial charge in [0.25, 0.3) is 0 Å². The van der Waals surface area contributed by atoms with Gasteiger partial charge in [0, 0.05) is 22.6 Å². The van der Waals surface area contributed by atoms with Crippen molar-refractivity contribution in [2.75, 3.05) is 13.6 Å². The van der Waals surface area contributed by atoms with E-state index in [9.17, 15) is 10.2 Å². The minimum Gasteiger partial charge on any atom is -0.508 e. The number of aryl methyl sites for hydroxylation is 2. The Hall–Kier alpha value is -2.00. The second kappa shape index (κ2) is 7.49. The number of rotatable bonds is 5. The molecule has 3 nitrogen and oxygen atoms in total. The first-order valence-corrected chi connectivity index (χ1v) is 8.90. The summed E-state index contributed by atoms with van der Waals surface area (Å²) in [4.78, 5) is 2.30. The average molecular weight is 341 g/mol. The van der Waals surface area contributed by atoms with Gasteiger partial charge in [0.15, 0.2) is 0 Å². The standard InChI is InChI=1S/C22H31NO2/c1-15-7-9-18(20(24)13-15)17(11-12-23(6)22(3,4)5)19-10-8-16(2)14-21(19)25/h7-10,13-14,17,24-25H,11-12H2,1-6H3. The SMILES string of the molecule is Cc1ccc(C(CCN(C)C(C)(C)C)c2ccc(C)cc2O)c(O)c1. The molecule has 0 radical (unpaired) electrons. The molecule has 25 heavy (non-hydrogen) atoms. The van der Waals surface area contributed by atoms with E-state index < -0.39 is 0 Å². The highest BCUT2D eigenvalue weighted by molar-refractivity contribution is 5.48. The van der Waals surface area contributed by atoms with Crippen LogP contribution in [0.5, 0.6) is 11.5 Å². The maximum Gasteiger partial charge on any atom is 0.119 e. The minimum atomic E-state index is -0.0500. The van der Waals surface area contributed by atoms with Crippen molar-refractivity contribution >= 4 is 0 Å². The average Bonchev–Trinajstić information content (AvgIpc) is 2.49. The number of hydrogen-bond acceptors (Lipinski definition) is 3. The topological polar surface area (TPSA) is 43.7 Å². The Morgan fingerprint density at radius 1 is 0.880 bits per heavy atom. The molecule has 3 heteroatoms. The van der Waals surface area contributed by atoms with Gasteiger partial charge in [-0.05, 0) is 77.9 Å². The zero-order valence-electron chi connectivity index (χ0n) is 16.3. The van der Waals surface area contributed by atoms with Crippen LogP contribution in [-0.4, -0.2) is 34.2 Å². The number of phenolic OH excluding ortho intramolecular Hbond substituents is 2. The summed E-state index contributed by atoms with van der Waals surface area (Å²) < 4.78 is 0. The molecule has 0 aromatic heterocycles. The van der Waals surface area contributed by atoms with Gasteiger partial charge in [-0.25, -0.2) is 0 Å². The number of aromatic hydroxyl groups is 2. The van der Waals surface area contributed by atoms with Crippen LogP contribution in [0.1, 0.15) is 55.4 Å². The van der Waals surface area contributed by atoms with Crippen molar-refractivity contribution < 1.29 is 10.2 Å². The number of nitrogens with zero attached hydrogens (tertiary/aromatic N) is 1. The summed E-state index contributed by atoms with van der Waals surface area (Å²) in [5.41, 5.74) is 3.87. The third-order valence-electron chi connectivity index (χ3n) is 5.02. The molecule has 136 valence electrons. The van der Waals surface area contributed by atoms with Crippen LogP contribution in [0.25, 0.3) is 0 Å². The lowest BCUT2D eigenvalue weighted by atomic mass is 9.86. The van der Waals surface area contributed by atoms with Gasteiger partial charge < -0.3 is 15.1 Å². The van der Waals surface area contributed by atoms with Crippen molar-refractivity contribution in [1.82, 2.24) is 4.90 Å². The van der Waals surface area contributed by atoms with Gasteiger partial charge in [0.05, 0.1) is 0 Å². The molecule has 0 spiro atoms. The Balaban J connectivity index is 2.41. The van der Waals surface area contributed by atoms with Crippen LogP contribution < -0.4 is 0 Å². The van der Waals surface area contributed by atoms with E-state index in [1.807, 2.05) is 38.1 Å². The van der Waals surface area contributed by atoms with Crippen molar-refractivity contribution in [1.29, 1.82) is 0 Å². The van der Waals surface area contributed by atoms with E-state index in [2.05, 4.69) is 32.7 Å². The maximum atomic E-state index is 10.5. The van der Waals surface area contributed by atoms with E-state index >= 15 is 0 Å². The number of hydrogen-bond donors (Lipinski definition) is 2. The monoisotopic (exact) mass is 341 g/mol. The molecule has 0 amide bonds. The van der Waals surface area contributed by atoms with Gasteiger partial charge in [-0.1, -0.05) is 24.3 Å². The summed E-state index contributed by atoms with van der Waals surface area (Å²) in [5, 5.41) is 21.0. The first kappa shape index (κ1) is 19.3. The molecule has 2 rings (SSSR count). The molecule has 0 aliphatic carbocycles. The van der Waals surface area contributed by atoms with E-state index in [4.69, 9.17) is 0 Å². The molecule has 0 unspecified atom stereocenters. The Morgan fingerprint density at radius 3 is 1.68 bits per heavy atom. The number of phenols is 2. The van der Waals surface area contributed by atoms with Gasteiger partial charge in [0.2, 0.25) is 0 Å². The van der Waals surface area contributed by atoms with Gasteiger partial charge in [0.1, 0.15) is 11.5 Å². The van der Waals surface area contributed by atoms with E-state index in [1.165, 1.54) is 0 Å². The lowest BCUT2D eigenvalue weighted by Crippen LogP contribution is -2.39. The molecular weight excluding hydrogens is 310 g/mol. The molecule has 0 atom stereocenters. The van der Waals surface area contributed by atoms with Crippen molar-refractivity contribution in [2.24, 2.45) is 0 Å². The smallest absolute Gasteiger partial charge is 0.119 e. The fraction of sp³-hybridized carbons (Fsp3) is 0.455. The van der Waals surface area contributed by atoms with Crippen molar-refractivity contribution in [3.05, 3.63) is 58.7 Å². The fourth-order valence-corrected chi connectivity index (χ4v) is 3.03. The highest BCUT2D eigenvalue weighted by atomic mass is 16.3. The van der Waals surface area contributed by atoms with Gasteiger partial charge in [-0.15, -0.1) is 0 Å². The molecule has 0 saturated carbocycles. The predicted octanol–water partition coefficient (Wildman–Crippen LogP) is 4.97. The summed E-state index contributed by atoms with van der Waals surface area (Å²) in [7, 11) is 2.11. The van der Waals surface area contributed by atoms with Gasteiger partial charge >= 0.3 is 0 Å². The predicted molar refractivity (Wildman–Crippen MR) is 105 cm³/mol. The molecular formula is C22H31NO2. The summed E-state index contributed by atoms with van der Waals surface area (Å²) in [6, 6.07) is 11.6. The van der Waals surface area contributed by atoms with Crippen molar-refractivity contribution in [3.63, 3.8) is 0 Å². The zero-order chi connectivity index (χ0) is 18.8. The second-order valence-electron chi connectivity index (χ2n) is 8.06. The van der Waals surface area contributed by atoms with Crippen LogP contribution in [-0.2, 0) is 0 Å². The summed E-state index contributed by atoms with van der Waals surface area (Å²) in [6.45, 7) is 11.4. The Morgan fingerprint density at radius 2 is 1.32 bits per heavy atom. The Labute approximate surface area is 151 Å². The molecule has 2 N–H and O–H groups in total. The van der Waals surface area contributed by atoms with E-state index in [0.717, 1.165) is 35.2 Å². The van der Waals surface area contributed by atoms with Crippen LogP contribution >= 0.6 is 0 Å². The largest absolute Gasteiger partial charge is 0.508 e. The summed E-state index contributed by atoms with van der Waals surface area (Å²) in [5.74, 6) is 0.540. The van der Waals surface area contributed by atoms with Crippen LogP contribution in [0.2, 0.25) is 0 Å². The van der Waals surface area contributed by atoms with Gasteiger partial charge in [-0.2, -0.15) is 0 Å². The molecule has 0 aliphatic heterocycles. The third kappa shape index (κ3) is 4.76. The van der Waals surface area contributed by atoms with E-state index in [0.29, 0.717) is 11.5 Å². The molecule has 0 heterocycles. The molecule has 0 fully saturated rings. The molecule has 0 aliphatic rings. The summed E-state index contributed by atoms with van der Waals surface area (Å²) in [6.07, 6.45) is 0.820. The van der Waals surface area contributed by atoms with Crippen LogP contribution in [0, 0.1) is 13.8 Å². The van der Waals surface area contributed by atoms with E-state index in [-0.39, 0.29) is 11.5 Å². The highest BCUT2D eigenvalue weighted by Crippen LogP contribution is 2.39. The van der Waals surface area contributed by atoms with Crippen LogP contribution in [0.15, 0.2) is 36.4 Å². The fourth-order valence-electron chi connectivity index (χ4n) is 3.03. The maximum absolute atomic E-state index is 10.5. The lowest BCUT2D eigenvalue weighted by molar-refractivity contribution is 0.171. The lowest BCUT2D eigenvalue weighted by Gasteiger charge is -2.33. The Kier molecular flexibility index (Phi) is 5.79. The molecule has 2 aromatic carbocycles. The van der Waals surface area contributed by atoms with Crippen molar-refractivity contribution in [3.8, 4) is 11.5 Å². The van der Waals surface area contributed by atoms with E-state index in [1.54, 1.807) is 12.1 Å². The molecule has 0 saturated heterocycles. The summed E-state index contributed by atoms with van der Waals surface area (Å²) >= 11 is 0. The molecule has 0 bridgehead atoms. The first-order chi connectivity index (χ1) is 11.6. The van der Waals surface area contributed by atoms with Gasteiger partial charge in [-0.3, -0.25) is 0 Å². The highest BCUT2D eigenvalue weighted by Gasteiger charge is 2.24. The number of benzene rings is 2. The van der Waals surface area contributed by atoms with Crippen LogP contribution in [0.4, 0.5) is 0 Å². The minimum absolute atomic E-state index is 0.0500. The normalized spacial score (nSPS) is 12.2. The molecule has 2 aromatic rings. The third-order valence-corrected chi connectivity index (χ3v) is 5.02. The Bertz CT molecular complexity index is 680. The van der Waals surface area contributed by atoms with Crippen molar-refractivity contribution in [2.45, 2.75) is 52.5 Å².